The van der Waals surface area contributed by atoms with Crippen molar-refractivity contribution < 1.29 is 9.59 Å². The summed E-state index contributed by atoms with van der Waals surface area (Å²) in [6.45, 7) is 3.20. The minimum absolute atomic E-state index is 0.0406. The van der Waals surface area contributed by atoms with Crippen LogP contribution in [0, 0.1) is 5.92 Å². The van der Waals surface area contributed by atoms with Crippen LogP contribution in [0.1, 0.15) is 30.5 Å². The van der Waals surface area contributed by atoms with E-state index in [0.717, 1.165) is 16.7 Å². The van der Waals surface area contributed by atoms with Crippen LogP contribution in [0.4, 0.5) is 0 Å². The lowest BCUT2D eigenvalue weighted by Gasteiger charge is -2.33. The number of hydrogen-bond donors (Lipinski definition) is 0. The molecule has 2 aromatic carbocycles. The molecule has 1 aliphatic rings. The maximum absolute atomic E-state index is 12.7. The van der Waals surface area contributed by atoms with Gasteiger partial charge in [0.2, 0.25) is 0 Å². The van der Waals surface area contributed by atoms with Gasteiger partial charge in [-0.25, -0.2) is 0 Å². The number of benzene rings is 2. The van der Waals surface area contributed by atoms with Crippen LogP contribution in [0.15, 0.2) is 54.6 Å². The van der Waals surface area contributed by atoms with E-state index >= 15 is 0 Å². The van der Waals surface area contributed by atoms with E-state index in [9.17, 15) is 9.59 Å². The third-order valence-corrected chi connectivity index (χ3v) is 4.66. The van der Waals surface area contributed by atoms with E-state index in [2.05, 4.69) is 0 Å². The van der Waals surface area contributed by atoms with Crippen molar-refractivity contribution in [2.24, 2.45) is 5.92 Å². The zero-order valence-electron chi connectivity index (χ0n) is 12.3. The third-order valence-electron chi connectivity index (χ3n) is 4.66. The molecule has 2 heteroatoms. The Morgan fingerprint density at radius 1 is 0.952 bits per heavy atom. The predicted molar refractivity (Wildman–Crippen MR) is 82.2 cm³/mol. The number of carbonyl (C=O) groups excluding carboxylic acids is 2. The van der Waals surface area contributed by atoms with E-state index in [1.54, 1.807) is 13.8 Å². The van der Waals surface area contributed by atoms with E-state index in [0.29, 0.717) is 6.42 Å². The van der Waals surface area contributed by atoms with Crippen LogP contribution in [-0.2, 0) is 21.4 Å². The summed E-state index contributed by atoms with van der Waals surface area (Å²) < 4.78 is 0. The molecule has 0 amide bonds. The molecule has 0 saturated heterocycles. The van der Waals surface area contributed by atoms with Gasteiger partial charge in [-0.3, -0.25) is 9.59 Å². The molecule has 21 heavy (non-hydrogen) atoms. The summed E-state index contributed by atoms with van der Waals surface area (Å²) in [6.07, 6.45) is 0.639. The molecular formula is C19H18O2. The summed E-state index contributed by atoms with van der Waals surface area (Å²) in [5.74, 6) is -0.195. The Kier molecular flexibility index (Phi) is 3.25. The smallest absolute Gasteiger partial charge is 0.145 e. The zero-order chi connectivity index (χ0) is 15.0. The van der Waals surface area contributed by atoms with Crippen LogP contribution in [0.25, 0.3) is 0 Å². The van der Waals surface area contributed by atoms with E-state index in [4.69, 9.17) is 0 Å². The largest absolute Gasteiger partial charge is 0.300 e. The standard InChI is InChI=1S/C19H18O2/c1-13(20)18-12-15-8-6-7-11-17(15)19(18,14(2)21)16-9-4-3-5-10-16/h3-11,18H,12H2,1-2H3. The maximum Gasteiger partial charge on any atom is 0.145 e. The van der Waals surface area contributed by atoms with Crippen LogP contribution < -0.4 is 0 Å². The third kappa shape index (κ3) is 1.86. The van der Waals surface area contributed by atoms with Gasteiger partial charge in [-0.2, -0.15) is 0 Å². The van der Waals surface area contributed by atoms with E-state index in [1.165, 1.54) is 0 Å². The lowest BCUT2D eigenvalue weighted by molar-refractivity contribution is -0.129. The summed E-state index contributed by atoms with van der Waals surface area (Å²) in [5, 5.41) is 0. The summed E-state index contributed by atoms with van der Waals surface area (Å²) in [7, 11) is 0. The minimum Gasteiger partial charge on any atom is -0.300 e. The molecule has 2 unspecified atom stereocenters. The van der Waals surface area contributed by atoms with Crippen LogP contribution in [0.2, 0.25) is 0 Å². The molecular weight excluding hydrogens is 260 g/mol. The van der Waals surface area contributed by atoms with Crippen molar-refractivity contribution in [3.8, 4) is 0 Å². The van der Waals surface area contributed by atoms with Gasteiger partial charge in [0, 0.05) is 5.92 Å². The second-order valence-corrected chi connectivity index (χ2v) is 5.75. The first-order valence-corrected chi connectivity index (χ1v) is 7.24. The Hall–Kier alpha value is -2.22. The molecule has 106 valence electrons. The highest BCUT2D eigenvalue weighted by atomic mass is 16.1. The second kappa shape index (κ2) is 4.96. The summed E-state index contributed by atoms with van der Waals surface area (Å²) in [4.78, 5) is 24.9. The van der Waals surface area contributed by atoms with Gasteiger partial charge in [-0.05, 0) is 37.0 Å². The molecule has 0 heterocycles. The van der Waals surface area contributed by atoms with Gasteiger partial charge in [0.05, 0.1) is 5.41 Å². The molecule has 2 nitrogen and oxygen atoms in total. The first kappa shape index (κ1) is 13.7. The zero-order valence-corrected chi connectivity index (χ0v) is 12.3. The number of carbonyl (C=O) groups is 2. The van der Waals surface area contributed by atoms with Crippen molar-refractivity contribution in [1.82, 2.24) is 0 Å². The van der Waals surface area contributed by atoms with Crippen molar-refractivity contribution in [3.05, 3.63) is 71.3 Å². The molecule has 0 saturated carbocycles. The highest BCUT2D eigenvalue weighted by Gasteiger charge is 2.53. The van der Waals surface area contributed by atoms with Crippen molar-refractivity contribution >= 4 is 11.6 Å². The fourth-order valence-corrected chi connectivity index (χ4v) is 3.79. The second-order valence-electron chi connectivity index (χ2n) is 5.75. The predicted octanol–water partition coefficient (Wildman–Crippen LogP) is 3.32. The highest BCUT2D eigenvalue weighted by molar-refractivity contribution is 6.00. The van der Waals surface area contributed by atoms with Gasteiger partial charge in [0.1, 0.15) is 11.6 Å². The number of hydrogen-bond acceptors (Lipinski definition) is 2. The van der Waals surface area contributed by atoms with Crippen molar-refractivity contribution in [3.63, 3.8) is 0 Å². The maximum atomic E-state index is 12.7. The molecule has 0 radical (unpaired) electrons. The van der Waals surface area contributed by atoms with Crippen molar-refractivity contribution in [2.75, 3.05) is 0 Å². The highest BCUT2D eigenvalue weighted by Crippen LogP contribution is 2.49. The van der Waals surface area contributed by atoms with Gasteiger partial charge in [0.25, 0.3) is 0 Å². The van der Waals surface area contributed by atoms with Crippen LogP contribution in [-0.4, -0.2) is 11.6 Å². The van der Waals surface area contributed by atoms with Gasteiger partial charge >= 0.3 is 0 Å². The van der Waals surface area contributed by atoms with Gasteiger partial charge in [-0.15, -0.1) is 0 Å². The molecule has 0 N–H and O–H groups in total. The van der Waals surface area contributed by atoms with Gasteiger partial charge in [-0.1, -0.05) is 54.6 Å². The average Bonchev–Trinajstić information content (AvgIpc) is 2.84. The molecule has 2 aromatic rings. The molecule has 2 atom stereocenters. The summed E-state index contributed by atoms with van der Waals surface area (Å²) in [6, 6.07) is 17.6. The first-order valence-electron chi connectivity index (χ1n) is 7.24. The Balaban J connectivity index is 2.35. The molecule has 1 aliphatic carbocycles. The summed E-state index contributed by atoms with van der Waals surface area (Å²) >= 11 is 0. The van der Waals surface area contributed by atoms with E-state index in [-0.39, 0.29) is 17.5 Å². The fraction of sp³-hybridized carbons (Fsp3) is 0.263. The monoisotopic (exact) mass is 278 g/mol. The molecule has 3 rings (SSSR count). The van der Waals surface area contributed by atoms with E-state index < -0.39 is 5.41 Å². The Morgan fingerprint density at radius 3 is 2.19 bits per heavy atom. The number of Topliss-reactive ketones (excluding diaryl/α,β-unsaturated/α-hetero) is 2. The molecule has 0 aromatic heterocycles. The first-order chi connectivity index (χ1) is 10.1. The molecule has 0 spiro atoms. The van der Waals surface area contributed by atoms with Crippen molar-refractivity contribution in [1.29, 1.82) is 0 Å². The fourth-order valence-electron chi connectivity index (χ4n) is 3.79. The SMILES string of the molecule is CC(=O)C1Cc2ccccc2C1(C(C)=O)c1ccccc1. The molecule has 0 fully saturated rings. The van der Waals surface area contributed by atoms with Crippen molar-refractivity contribution in [2.45, 2.75) is 25.7 Å². The molecule has 0 aliphatic heterocycles. The summed E-state index contributed by atoms with van der Waals surface area (Å²) in [5.41, 5.74) is 2.19. The lowest BCUT2D eigenvalue weighted by Crippen LogP contribution is -2.43. The lowest BCUT2D eigenvalue weighted by atomic mass is 9.66. The van der Waals surface area contributed by atoms with Gasteiger partial charge < -0.3 is 0 Å². The van der Waals surface area contributed by atoms with Crippen LogP contribution in [0.5, 0.6) is 0 Å². The Labute approximate surface area is 124 Å². The molecule has 0 bridgehead atoms. The Morgan fingerprint density at radius 2 is 1.57 bits per heavy atom. The number of rotatable bonds is 3. The van der Waals surface area contributed by atoms with Crippen LogP contribution >= 0.6 is 0 Å². The normalized spacial score (nSPS) is 23.6. The Bertz CT molecular complexity index is 703. The average molecular weight is 278 g/mol. The van der Waals surface area contributed by atoms with Gasteiger partial charge in [0.15, 0.2) is 0 Å². The quantitative estimate of drug-likeness (QED) is 0.863. The number of ketones is 2. The van der Waals surface area contributed by atoms with E-state index in [1.807, 2.05) is 54.6 Å². The van der Waals surface area contributed by atoms with Crippen LogP contribution in [0.3, 0.4) is 0 Å². The number of fused-ring (bicyclic) bond motifs is 1. The topological polar surface area (TPSA) is 34.1 Å². The minimum atomic E-state index is -0.830.